The van der Waals surface area contributed by atoms with Gasteiger partial charge in [-0.15, -0.1) is 0 Å². The second-order valence-electron chi connectivity index (χ2n) is 10.0. The summed E-state index contributed by atoms with van der Waals surface area (Å²) < 4.78 is 0. The quantitative estimate of drug-likeness (QED) is 0.168. The predicted octanol–water partition coefficient (Wildman–Crippen LogP) is 9.82. The normalized spacial score (nSPS) is 13.3. The summed E-state index contributed by atoms with van der Waals surface area (Å²) in [5.41, 5.74) is 0. The third-order valence-electron chi connectivity index (χ3n) is 8.62. The molecular formula is C34H16. The molecule has 0 fully saturated rings. The van der Waals surface area contributed by atoms with E-state index in [-0.39, 0.29) is 0 Å². The van der Waals surface area contributed by atoms with E-state index in [1.807, 2.05) is 0 Å². The average Bonchev–Trinajstić information content (AvgIpc) is 3.39. The zero-order valence-electron chi connectivity index (χ0n) is 18.2. The van der Waals surface area contributed by atoms with Crippen molar-refractivity contribution in [2.75, 3.05) is 0 Å². The van der Waals surface area contributed by atoms with Gasteiger partial charge in [-0.3, -0.25) is 0 Å². The number of fused-ring (bicyclic) bond motifs is 7. The molecule has 10 aromatic rings. The van der Waals surface area contributed by atoms with Crippen LogP contribution in [0, 0.1) is 0 Å². The highest BCUT2D eigenvalue weighted by atomic mass is 14.3. The molecule has 0 radical (unpaired) electrons. The van der Waals surface area contributed by atoms with Crippen molar-refractivity contribution >= 4 is 97.0 Å². The van der Waals surface area contributed by atoms with Gasteiger partial charge in [-0.05, 0) is 109 Å². The maximum Gasteiger partial charge on any atom is -0.000762 e. The second kappa shape index (κ2) is 5.05. The van der Waals surface area contributed by atoms with Crippen LogP contribution in [0.5, 0.6) is 0 Å². The number of hydrogen-bond acceptors (Lipinski definition) is 0. The van der Waals surface area contributed by atoms with Crippen LogP contribution in [-0.2, 0) is 0 Å². The van der Waals surface area contributed by atoms with Crippen LogP contribution >= 0.6 is 0 Å². The zero-order chi connectivity index (χ0) is 21.7. The summed E-state index contributed by atoms with van der Waals surface area (Å²) in [5.74, 6) is 0. The SMILES string of the molecule is c1ccc2c(c1)c1ccc3c4ccc5c6ccccc6c6cc7ccc8cc2c1c3c8c7c4c56. The van der Waals surface area contributed by atoms with E-state index >= 15 is 0 Å². The Hall–Kier alpha value is -4.42. The molecular weight excluding hydrogens is 408 g/mol. The fourth-order valence-corrected chi connectivity index (χ4v) is 7.38. The Bertz CT molecular complexity index is 2250. The Morgan fingerprint density at radius 3 is 1.00 bits per heavy atom. The molecule has 0 nitrogen and oxygen atoms in total. The van der Waals surface area contributed by atoms with Gasteiger partial charge in [-0.1, -0.05) is 84.9 Å². The molecule has 34 heavy (non-hydrogen) atoms. The van der Waals surface area contributed by atoms with Crippen LogP contribution in [0.3, 0.4) is 0 Å². The molecule has 0 saturated carbocycles. The first-order valence-corrected chi connectivity index (χ1v) is 12.0. The van der Waals surface area contributed by atoms with Crippen LogP contribution in [0.4, 0.5) is 0 Å². The monoisotopic (exact) mass is 424 g/mol. The average molecular weight is 425 g/mol. The molecule has 0 heterocycles. The van der Waals surface area contributed by atoms with Gasteiger partial charge in [0.25, 0.3) is 0 Å². The molecule has 0 aliphatic heterocycles. The Kier molecular flexibility index (Phi) is 2.41. The predicted molar refractivity (Wildman–Crippen MR) is 149 cm³/mol. The van der Waals surface area contributed by atoms with Gasteiger partial charge in [0.15, 0.2) is 0 Å². The molecule has 0 aliphatic rings. The highest BCUT2D eigenvalue weighted by molar-refractivity contribution is 6.49. The van der Waals surface area contributed by atoms with E-state index in [1.165, 1.54) is 97.0 Å². The Labute approximate surface area is 193 Å². The molecule has 0 unspecified atom stereocenters. The summed E-state index contributed by atoms with van der Waals surface area (Å²) in [7, 11) is 0. The van der Waals surface area contributed by atoms with Crippen LogP contribution in [0.1, 0.15) is 0 Å². The molecule has 0 atom stereocenters. The standard InChI is InChI=1S/C34H16/c1-3-7-21-19(5-1)23-11-13-25-26-14-12-24-20-6-2-4-8-22(20)28-16-18-10-9-17-15-27(21)31(23)33(25)29(17)30(18)34(26)32(24)28/h1-16H. The summed E-state index contributed by atoms with van der Waals surface area (Å²) in [6.45, 7) is 0. The molecule has 0 N–H and O–H groups in total. The summed E-state index contributed by atoms with van der Waals surface area (Å²) in [5, 5.41) is 25.1. The van der Waals surface area contributed by atoms with Crippen LogP contribution in [0.25, 0.3) is 97.0 Å². The van der Waals surface area contributed by atoms with E-state index < -0.39 is 0 Å². The van der Waals surface area contributed by atoms with Crippen LogP contribution in [0.15, 0.2) is 97.1 Å². The van der Waals surface area contributed by atoms with Gasteiger partial charge < -0.3 is 0 Å². The molecule has 0 bridgehead atoms. The van der Waals surface area contributed by atoms with Gasteiger partial charge in [0.05, 0.1) is 0 Å². The summed E-state index contributed by atoms with van der Waals surface area (Å²) >= 11 is 0. The maximum atomic E-state index is 2.44. The largest absolute Gasteiger partial charge is 0.0616 e. The Morgan fingerprint density at radius 1 is 0.235 bits per heavy atom. The van der Waals surface area contributed by atoms with E-state index in [4.69, 9.17) is 0 Å². The highest BCUT2D eigenvalue weighted by Gasteiger charge is 2.24. The van der Waals surface area contributed by atoms with E-state index in [2.05, 4.69) is 97.1 Å². The maximum absolute atomic E-state index is 2.44. The van der Waals surface area contributed by atoms with Crippen molar-refractivity contribution in [3.63, 3.8) is 0 Å². The third-order valence-corrected chi connectivity index (χ3v) is 8.62. The summed E-state index contributed by atoms with van der Waals surface area (Å²) in [6, 6.07) is 36.9. The molecule has 0 aliphatic carbocycles. The first kappa shape index (κ1) is 16.2. The zero-order valence-corrected chi connectivity index (χ0v) is 18.2. The lowest BCUT2D eigenvalue weighted by Gasteiger charge is -2.18. The topological polar surface area (TPSA) is 0 Å². The van der Waals surface area contributed by atoms with Crippen molar-refractivity contribution in [3.8, 4) is 0 Å². The van der Waals surface area contributed by atoms with Crippen molar-refractivity contribution in [3.05, 3.63) is 97.1 Å². The Morgan fingerprint density at radius 2 is 0.588 bits per heavy atom. The third kappa shape index (κ3) is 1.54. The van der Waals surface area contributed by atoms with Gasteiger partial charge >= 0.3 is 0 Å². The molecule has 0 amide bonds. The number of hydrogen-bond donors (Lipinski definition) is 0. The van der Waals surface area contributed by atoms with E-state index in [9.17, 15) is 0 Å². The van der Waals surface area contributed by atoms with Crippen molar-refractivity contribution in [1.82, 2.24) is 0 Å². The van der Waals surface area contributed by atoms with Crippen molar-refractivity contribution in [2.24, 2.45) is 0 Å². The van der Waals surface area contributed by atoms with E-state index in [1.54, 1.807) is 0 Å². The molecule has 0 spiro atoms. The fraction of sp³-hybridized carbons (Fsp3) is 0. The van der Waals surface area contributed by atoms with Gasteiger partial charge in [0.2, 0.25) is 0 Å². The molecule has 10 aromatic carbocycles. The molecule has 0 aromatic heterocycles. The van der Waals surface area contributed by atoms with Crippen molar-refractivity contribution < 1.29 is 0 Å². The molecule has 10 rings (SSSR count). The minimum absolute atomic E-state index is 1.35. The molecule has 0 saturated heterocycles. The van der Waals surface area contributed by atoms with Gasteiger partial charge in [0.1, 0.15) is 0 Å². The van der Waals surface area contributed by atoms with Crippen molar-refractivity contribution in [1.29, 1.82) is 0 Å². The van der Waals surface area contributed by atoms with Crippen LogP contribution < -0.4 is 0 Å². The number of rotatable bonds is 0. The van der Waals surface area contributed by atoms with E-state index in [0.29, 0.717) is 0 Å². The molecule has 152 valence electrons. The van der Waals surface area contributed by atoms with E-state index in [0.717, 1.165) is 0 Å². The first-order valence-electron chi connectivity index (χ1n) is 12.0. The lowest BCUT2D eigenvalue weighted by atomic mass is 9.84. The summed E-state index contributed by atoms with van der Waals surface area (Å²) in [6.07, 6.45) is 0. The second-order valence-corrected chi connectivity index (χ2v) is 10.0. The van der Waals surface area contributed by atoms with Gasteiger partial charge in [-0.25, -0.2) is 0 Å². The van der Waals surface area contributed by atoms with Gasteiger partial charge in [0, 0.05) is 0 Å². The lowest BCUT2D eigenvalue weighted by Crippen LogP contribution is -1.90. The van der Waals surface area contributed by atoms with Crippen molar-refractivity contribution in [2.45, 2.75) is 0 Å². The first-order chi connectivity index (χ1) is 16.9. The minimum Gasteiger partial charge on any atom is -0.0616 e. The van der Waals surface area contributed by atoms with Crippen LogP contribution in [-0.4, -0.2) is 0 Å². The lowest BCUT2D eigenvalue weighted by molar-refractivity contribution is 1.85. The van der Waals surface area contributed by atoms with Gasteiger partial charge in [-0.2, -0.15) is 0 Å². The highest BCUT2D eigenvalue weighted by Crippen LogP contribution is 2.52. The molecule has 0 heteroatoms. The minimum atomic E-state index is 1.35. The smallest absolute Gasteiger partial charge is 0.000762 e. The van der Waals surface area contributed by atoms with Crippen LogP contribution in [0.2, 0.25) is 0 Å². The number of benzene rings is 8. The fourth-order valence-electron chi connectivity index (χ4n) is 7.38. The Balaban J connectivity index is 1.64. The summed E-state index contributed by atoms with van der Waals surface area (Å²) in [4.78, 5) is 0.